The highest BCUT2D eigenvalue weighted by molar-refractivity contribution is 6.23. The van der Waals surface area contributed by atoms with Gasteiger partial charge in [-0.2, -0.15) is 0 Å². The molecule has 0 saturated heterocycles. The number of imidazole rings is 1. The van der Waals surface area contributed by atoms with Crippen molar-refractivity contribution in [1.82, 2.24) is 9.38 Å². The molecule has 0 spiro atoms. The van der Waals surface area contributed by atoms with Gasteiger partial charge in [0.2, 0.25) is 0 Å². The Morgan fingerprint density at radius 2 is 1.74 bits per heavy atom. The predicted molar refractivity (Wildman–Crippen MR) is 212 cm³/mol. The highest BCUT2D eigenvalue weighted by atomic mass is 16.7. The monoisotopic (exact) mass is 783 g/mol. The molecular formula is C43H49N3O11. The van der Waals surface area contributed by atoms with Crippen LogP contribution in [0.4, 0.5) is 0 Å². The number of benzene rings is 2. The number of hydrogen-bond acceptors (Lipinski definition) is 11. The summed E-state index contributed by atoms with van der Waals surface area (Å²) in [7, 11) is 1.45. The zero-order valence-corrected chi connectivity index (χ0v) is 33.4. The van der Waals surface area contributed by atoms with Gasteiger partial charge in [0.15, 0.2) is 11.2 Å². The Bertz CT molecular complexity index is 2580. The van der Waals surface area contributed by atoms with Crippen LogP contribution in [0.2, 0.25) is 0 Å². The van der Waals surface area contributed by atoms with E-state index in [2.05, 4.69) is 16.6 Å². The zero-order chi connectivity index (χ0) is 41.8. The minimum Gasteiger partial charge on any atom is -0.505 e. The van der Waals surface area contributed by atoms with E-state index >= 15 is 0 Å². The van der Waals surface area contributed by atoms with E-state index in [4.69, 9.17) is 18.9 Å². The summed E-state index contributed by atoms with van der Waals surface area (Å²) in [6, 6.07) is 3.44. The van der Waals surface area contributed by atoms with Crippen LogP contribution in [-0.2, 0) is 23.8 Å². The van der Waals surface area contributed by atoms with Crippen molar-refractivity contribution in [2.45, 2.75) is 85.6 Å². The molecule has 5 bridgehead atoms. The Kier molecular flexibility index (Phi) is 11.1. The number of nitrogens with zero attached hydrogens (tertiary/aromatic N) is 2. The molecule has 7 rings (SSSR count). The largest absolute Gasteiger partial charge is 0.505 e. The lowest BCUT2D eigenvalue weighted by atomic mass is 9.78. The Labute approximate surface area is 328 Å². The lowest BCUT2D eigenvalue weighted by molar-refractivity contribution is -0.160. The molecule has 4 N–H and O–H groups in total. The lowest BCUT2D eigenvalue weighted by Gasteiger charge is -2.38. The maximum absolute atomic E-state index is 14.5. The molecule has 0 radical (unpaired) electrons. The molecule has 14 heteroatoms. The summed E-state index contributed by atoms with van der Waals surface area (Å²) in [5, 5.41) is 35.1. The summed E-state index contributed by atoms with van der Waals surface area (Å²) in [4.78, 5) is 62.4. The third kappa shape index (κ3) is 7.06. The van der Waals surface area contributed by atoms with Crippen LogP contribution in [0, 0.1) is 30.6 Å². The highest BCUT2D eigenvalue weighted by Gasteiger charge is 2.49. The van der Waals surface area contributed by atoms with E-state index in [1.54, 1.807) is 62.6 Å². The third-order valence-corrected chi connectivity index (χ3v) is 11.4. The van der Waals surface area contributed by atoms with Crippen LogP contribution >= 0.6 is 0 Å². The maximum Gasteiger partial charge on any atom is 0.312 e. The second-order valence-corrected chi connectivity index (χ2v) is 15.4. The Morgan fingerprint density at radius 1 is 1.04 bits per heavy atom. The SMILES string of the molecule is C=c1ccn2c(c1)[nH]c1c3c4c5c(C)c(=O)c3c(O)c(c12)=NC(=O)/C(C)=C/C=C/[C@H](C)[C@H](O)[C@@H](C)[C@@H](O)[C@@H](C)[C@H](OC(C)=O)[C@H](C)[C@@H](OC)/C=C/O[C@@](C)(O5)C4=O. The van der Waals surface area contributed by atoms with Crippen LogP contribution in [0.5, 0.6) is 11.5 Å². The average molecular weight is 784 g/mol. The Balaban J connectivity index is 1.62. The number of carbonyl (C=O) groups excluding carboxylic acids is 3. The first-order valence-electron chi connectivity index (χ1n) is 18.8. The Morgan fingerprint density at radius 3 is 2.40 bits per heavy atom. The van der Waals surface area contributed by atoms with Crippen LogP contribution in [0.1, 0.15) is 64.4 Å². The number of aromatic amines is 1. The van der Waals surface area contributed by atoms with Gasteiger partial charge in [-0.25, -0.2) is 4.99 Å². The normalized spacial score (nSPS) is 30.8. The van der Waals surface area contributed by atoms with Crippen molar-refractivity contribution in [1.29, 1.82) is 0 Å². The number of nitrogens with one attached hydrogen (secondary N) is 1. The number of methoxy groups -OCH3 is 1. The number of hydrogen-bond donors (Lipinski definition) is 4. The summed E-state index contributed by atoms with van der Waals surface area (Å²) < 4.78 is 25.4. The molecule has 0 fully saturated rings. The minimum absolute atomic E-state index is 0.0197. The number of carbonyl (C=O) groups is 3. The highest BCUT2D eigenvalue weighted by Crippen LogP contribution is 2.44. The number of rotatable bonds is 2. The number of aliphatic hydroxyl groups is 2. The van der Waals surface area contributed by atoms with Crippen molar-refractivity contribution in [3.8, 4) is 11.5 Å². The van der Waals surface area contributed by atoms with E-state index in [0.717, 1.165) is 0 Å². The summed E-state index contributed by atoms with van der Waals surface area (Å²) >= 11 is 0. The second-order valence-electron chi connectivity index (χ2n) is 15.4. The molecule has 0 aliphatic carbocycles. The van der Waals surface area contributed by atoms with Crippen molar-refractivity contribution in [3.63, 3.8) is 0 Å². The van der Waals surface area contributed by atoms with E-state index in [1.807, 2.05) is 0 Å². The van der Waals surface area contributed by atoms with Gasteiger partial charge in [0.05, 0.1) is 41.0 Å². The van der Waals surface area contributed by atoms with Crippen LogP contribution in [0.3, 0.4) is 0 Å². The first kappa shape index (κ1) is 41.1. The number of ether oxygens (including phenoxy) is 4. The smallest absolute Gasteiger partial charge is 0.312 e. The molecule has 3 aliphatic rings. The molecule has 3 aliphatic heterocycles. The molecular weight excluding hydrogens is 734 g/mol. The van der Waals surface area contributed by atoms with Gasteiger partial charge in [-0.1, -0.05) is 52.5 Å². The molecule has 0 unspecified atom stereocenters. The number of phenolic OH excluding ortho intramolecular Hbond substituents is 1. The number of amides is 1. The van der Waals surface area contributed by atoms with Gasteiger partial charge in [0.1, 0.15) is 28.4 Å². The number of allylic oxidation sites excluding steroid dienone is 2. The van der Waals surface area contributed by atoms with Gasteiger partial charge in [0, 0.05) is 67.3 Å². The van der Waals surface area contributed by atoms with Crippen LogP contribution in [0.15, 0.2) is 64.3 Å². The van der Waals surface area contributed by atoms with Gasteiger partial charge < -0.3 is 39.3 Å². The molecule has 9 atom stereocenters. The quantitative estimate of drug-likeness (QED) is 0.214. The number of phenols is 1. The van der Waals surface area contributed by atoms with Gasteiger partial charge in [0.25, 0.3) is 11.7 Å². The van der Waals surface area contributed by atoms with E-state index in [1.165, 1.54) is 53.2 Å². The molecule has 0 saturated carbocycles. The van der Waals surface area contributed by atoms with E-state index in [-0.39, 0.29) is 49.6 Å². The van der Waals surface area contributed by atoms with Crippen LogP contribution in [-0.4, -0.2) is 79.7 Å². The number of H-pyrrole nitrogens is 1. The summed E-state index contributed by atoms with van der Waals surface area (Å²) in [5.74, 6) is -7.02. The lowest BCUT2D eigenvalue weighted by Crippen LogP contribution is -2.46. The summed E-state index contributed by atoms with van der Waals surface area (Å²) in [5.41, 5.74) is 0.452. The molecule has 1 amide bonds. The molecule has 5 heterocycles. The van der Waals surface area contributed by atoms with Gasteiger partial charge in [-0.3, -0.25) is 23.6 Å². The second kappa shape index (κ2) is 15.4. The molecule has 2 aromatic heterocycles. The number of esters is 1. The zero-order valence-electron chi connectivity index (χ0n) is 33.4. The topological polar surface area (TPSA) is 198 Å². The number of aliphatic hydroxyl groups excluding tert-OH is 2. The van der Waals surface area contributed by atoms with E-state index in [0.29, 0.717) is 10.9 Å². The first-order chi connectivity index (χ1) is 26.8. The Hall–Kier alpha value is -5.57. The fourth-order valence-corrected chi connectivity index (χ4v) is 7.98. The number of Topliss-reactive ketones (excluding diaryl/α,β-unsaturated/α-hetero) is 1. The maximum atomic E-state index is 14.5. The van der Waals surface area contributed by atoms with Crippen LogP contribution < -0.4 is 20.7 Å². The van der Waals surface area contributed by atoms with Crippen molar-refractivity contribution in [2.75, 3.05) is 7.11 Å². The van der Waals surface area contributed by atoms with Gasteiger partial charge in [-0.15, -0.1) is 0 Å². The predicted octanol–water partition coefficient (Wildman–Crippen LogP) is 4.06. The first-order valence-corrected chi connectivity index (χ1v) is 18.8. The molecule has 14 nitrogen and oxygen atoms in total. The van der Waals surface area contributed by atoms with E-state index in [9.17, 15) is 34.5 Å². The van der Waals surface area contributed by atoms with Gasteiger partial charge in [-0.05, 0) is 37.3 Å². The van der Waals surface area contributed by atoms with Crippen molar-refractivity contribution >= 4 is 51.7 Å². The number of fused-ring (bicyclic) bond motifs is 14. The molecule has 302 valence electrons. The number of aromatic nitrogens is 2. The van der Waals surface area contributed by atoms with Crippen molar-refractivity contribution < 1.29 is 48.7 Å². The molecule has 2 aromatic carbocycles. The summed E-state index contributed by atoms with van der Waals surface area (Å²) in [6.45, 7) is 16.6. The molecule has 57 heavy (non-hydrogen) atoms. The van der Waals surface area contributed by atoms with Crippen molar-refractivity contribution in [3.05, 3.63) is 86.4 Å². The minimum atomic E-state index is -1.99. The fraction of sp³-hybridized carbons (Fsp3) is 0.419. The molecule has 4 aromatic rings. The van der Waals surface area contributed by atoms with Crippen LogP contribution in [0.25, 0.3) is 34.0 Å². The van der Waals surface area contributed by atoms with Crippen molar-refractivity contribution in [2.24, 2.45) is 28.7 Å². The van der Waals surface area contributed by atoms with E-state index < -0.39 is 82.7 Å². The summed E-state index contributed by atoms with van der Waals surface area (Å²) in [6.07, 6.45) is 5.37. The average Bonchev–Trinajstić information content (AvgIpc) is 3.67. The standard InChI is InChI=1S/C43H49N3O11/c1-19-14-16-46-28(18-19)44-32-29-30-37(50)25(7)40-31(29)41(52)43(9,57-40)55-17-15-27(54-10)22(4)39(56-26(8)47)24(6)36(49)23(5)35(48)20(2)12-11-13-21(3)42(53)45-33(34(32)46)38(30)51/h11-18,20,22-24,27,35-36,39,44,48-49,51H,1H2,2-10H3/b12-11+,17-15+,21-13+,45-33?/t20-,22+,23+,24+,27-,35-,36+,39+,43-/m0/s1. The van der Waals surface area contributed by atoms with Gasteiger partial charge >= 0.3 is 11.8 Å². The third-order valence-electron chi connectivity index (χ3n) is 11.4. The number of aromatic hydroxyl groups is 1. The number of ketones is 1. The fourth-order valence-electron chi connectivity index (χ4n) is 7.98. The number of pyridine rings is 1.